The van der Waals surface area contributed by atoms with Crippen LogP contribution < -0.4 is 0 Å². The lowest BCUT2D eigenvalue weighted by molar-refractivity contribution is -0.144. The van der Waals surface area contributed by atoms with E-state index in [0.717, 1.165) is 24.6 Å². The number of unbranched alkanes of at least 4 members (excludes halogenated alkanes) is 2. The summed E-state index contributed by atoms with van der Waals surface area (Å²) in [6.45, 7) is 4.63. The summed E-state index contributed by atoms with van der Waals surface area (Å²) in [5.41, 5.74) is 0. The standard InChI is InChI=1S/C10H19BrO2/c1-9(2)8-13-10(12)6-4-3-5-7-11/h9H,3-8H2,1-2H3. The number of esters is 1. The van der Waals surface area contributed by atoms with Crippen molar-refractivity contribution in [3.8, 4) is 0 Å². The van der Waals surface area contributed by atoms with Gasteiger partial charge in [-0.2, -0.15) is 0 Å². The van der Waals surface area contributed by atoms with Gasteiger partial charge in [-0.3, -0.25) is 4.79 Å². The summed E-state index contributed by atoms with van der Waals surface area (Å²) in [4.78, 5) is 11.1. The third-order valence-electron chi connectivity index (χ3n) is 1.59. The number of carbonyl (C=O) groups is 1. The second-order valence-corrected chi connectivity index (χ2v) is 4.37. The Hall–Kier alpha value is -0.0500. The highest BCUT2D eigenvalue weighted by Crippen LogP contribution is 2.04. The van der Waals surface area contributed by atoms with E-state index < -0.39 is 0 Å². The fourth-order valence-corrected chi connectivity index (χ4v) is 1.27. The summed E-state index contributed by atoms with van der Waals surface area (Å²) in [6.07, 6.45) is 3.75. The SMILES string of the molecule is CC(C)COC(=O)CCCCCBr. The van der Waals surface area contributed by atoms with Gasteiger partial charge in [0.2, 0.25) is 0 Å². The van der Waals surface area contributed by atoms with Gasteiger partial charge < -0.3 is 4.74 Å². The fourth-order valence-electron chi connectivity index (χ4n) is 0.872. The van der Waals surface area contributed by atoms with E-state index in [4.69, 9.17) is 4.74 Å². The first-order valence-corrected chi connectivity index (χ1v) is 6.00. The molecule has 0 radical (unpaired) electrons. The maximum atomic E-state index is 11.1. The van der Waals surface area contributed by atoms with Gasteiger partial charge in [0.05, 0.1) is 6.61 Å². The van der Waals surface area contributed by atoms with Crippen LogP contribution in [-0.2, 0) is 9.53 Å². The monoisotopic (exact) mass is 250 g/mol. The highest BCUT2D eigenvalue weighted by Gasteiger charge is 2.03. The molecular weight excluding hydrogens is 232 g/mol. The van der Waals surface area contributed by atoms with Crippen LogP contribution in [0.3, 0.4) is 0 Å². The summed E-state index contributed by atoms with van der Waals surface area (Å²) >= 11 is 3.35. The van der Waals surface area contributed by atoms with Crippen LogP contribution in [0, 0.1) is 5.92 Å². The molecule has 13 heavy (non-hydrogen) atoms. The van der Waals surface area contributed by atoms with Gasteiger partial charge in [-0.05, 0) is 18.8 Å². The molecule has 0 aromatic heterocycles. The normalized spacial score (nSPS) is 10.5. The summed E-state index contributed by atoms with van der Waals surface area (Å²) < 4.78 is 5.03. The van der Waals surface area contributed by atoms with E-state index in [0.29, 0.717) is 18.9 Å². The Kier molecular flexibility index (Phi) is 8.51. The van der Waals surface area contributed by atoms with Crippen molar-refractivity contribution in [1.29, 1.82) is 0 Å². The van der Waals surface area contributed by atoms with Crippen molar-refractivity contribution in [2.24, 2.45) is 5.92 Å². The van der Waals surface area contributed by atoms with Crippen molar-refractivity contribution in [2.75, 3.05) is 11.9 Å². The Morgan fingerprint density at radius 3 is 2.54 bits per heavy atom. The maximum absolute atomic E-state index is 11.1. The molecule has 0 amide bonds. The molecule has 0 unspecified atom stereocenters. The first-order chi connectivity index (χ1) is 6.16. The lowest BCUT2D eigenvalue weighted by atomic mass is 10.2. The predicted octanol–water partition coefficient (Wildman–Crippen LogP) is 3.14. The largest absolute Gasteiger partial charge is 0.465 e. The highest BCUT2D eigenvalue weighted by molar-refractivity contribution is 9.09. The van der Waals surface area contributed by atoms with E-state index in [-0.39, 0.29) is 5.97 Å². The van der Waals surface area contributed by atoms with Crippen LogP contribution in [0.25, 0.3) is 0 Å². The zero-order valence-corrected chi connectivity index (χ0v) is 10.1. The molecule has 0 N–H and O–H groups in total. The average Bonchev–Trinajstić information content (AvgIpc) is 2.09. The van der Waals surface area contributed by atoms with Gasteiger partial charge in [-0.25, -0.2) is 0 Å². The molecule has 0 aliphatic heterocycles. The smallest absolute Gasteiger partial charge is 0.305 e. The van der Waals surface area contributed by atoms with Crippen molar-refractivity contribution in [3.05, 3.63) is 0 Å². The van der Waals surface area contributed by atoms with Crippen LogP contribution in [0.1, 0.15) is 39.5 Å². The maximum Gasteiger partial charge on any atom is 0.305 e. The molecule has 0 aliphatic carbocycles. The fraction of sp³-hybridized carbons (Fsp3) is 0.900. The molecule has 3 heteroatoms. The molecule has 78 valence electrons. The topological polar surface area (TPSA) is 26.3 Å². The molecule has 0 aromatic carbocycles. The zero-order valence-electron chi connectivity index (χ0n) is 8.51. The Labute approximate surface area is 89.2 Å². The minimum absolute atomic E-state index is 0.0525. The van der Waals surface area contributed by atoms with E-state index in [1.54, 1.807) is 0 Å². The van der Waals surface area contributed by atoms with Crippen molar-refractivity contribution in [1.82, 2.24) is 0 Å². The number of hydrogen-bond acceptors (Lipinski definition) is 2. The number of hydrogen-bond donors (Lipinski definition) is 0. The van der Waals surface area contributed by atoms with Crippen LogP contribution in [0.2, 0.25) is 0 Å². The Morgan fingerprint density at radius 1 is 1.31 bits per heavy atom. The first kappa shape index (κ1) is 12.9. The van der Waals surface area contributed by atoms with Crippen LogP contribution in [-0.4, -0.2) is 17.9 Å². The molecular formula is C10H19BrO2. The van der Waals surface area contributed by atoms with Gasteiger partial charge in [-0.1, -0.05) is 36.2 Å². The number of alkyl halides is 1. The van der Waals surface area contributed by atoms with Crippen LogP contribution in [0.5, 0.6) is 0 Å². The second kappa shape index (κ2) is 8.54. The summed E-state index contributed by atoms with van der Waals surface area (Å²) in [5, 5.41) is 1.02. The molecule has 2 nitrogen and oxygen atoms in total. The average molecular weight is 251 g/mol. The molecule has 0 aliphatic rings. The Balaban J connectivity index is 3.20. The summed E-state index contributed by atoms with van der Waals surface area (Å²) in [7, 11) is 0. The lowest BCUT2D eigenvalue weighted by Gasteiger charge is -2.06. The van der Waals surface area contributed by atoms with Crippen molar-refractivity contribution in [2.45, 2.75) is 39.5 Å². The molecule has 0 rings (SSSR count). The Bertz CT molecular complexity index is 135. The minimum Gasteiger partial charge on any atom is -0.465 e. The number of rotatable bonds is 7. The van der Waals surface area contributed by atoms with Crippen LogP contribution in [0.4, 0.5) is 0 Å². The number of ether oxygens (including phenoxy) is 1. The van der Waals surface area contributed by atoms with Gasteiger partial charge in [0.15, 0.2) is 0 Å². The van der Waals surface area contributed by atoms with Gasteiger partial charge in [-0.15, -0.1) is 0 Å². The first-order valence-electron chi connectivity index (χ1n) is 4.88. The van der Waals surface area contributed by atoms with E-state index in [1.807, 2.05) is 13.8 Å². The molecule has 0 atom stereocenters. The Morgan fingerprint density at radius 2 is 2.00 bits per heavy atom. The van der Waals surface area contributed by atoms with Gasteiger partial charge in [0.25, 0.3) is 0 Å². The van der Waals surface area contributed by atoms with Crippen LogP contribution in [0.15, 0.2) is 0 Å². The zero-order chi connectivity index (χ0) is 10.1. The number of halogens is 1. The quantitative estimate of drug-likeness (QED) is 0.394. The van der Waals surface area contributed by atoms with Gasteiger partial charge in [0.1, 0.15) is 0 Å². The third-order valence-corrected chi connectivity index (χ3v) is 2.15. The van der Waals surface area contributed by atoms with E-state index in [1.165, 1.54) is 0 Å². The van der Waals surface area contributed by atoms with Gasteiger partial charge in [0, 0.05) is 11.8 Å². The molecule has 0 aromatic rings. The van der Waals surface area contributed by atoms with E-state index in [9.17, 15) is 4.79 Å². The third kappa shape index (κ3) is 9.87. The van der Waals surface area contributed by atoms with Crippen molar-refractivity contribution in [3.63, 3.8) is 0 Å². The summed E-state index contributed by atoms with van der Waals surface area (Å²) in [6, 6.07) is 0. The van der Waals surface area contributed by atoms with E-state index >= 15 is 0 Å². The predicted molar refractivity (Wildman–Crippen MR) is 58.1 cm³/mol. The highest BCUT2D eigenvalue weighted by atomic mass is 79.9. The molecule has 0 heterocycles. The van der Waals surface area contributed by atoms with Crippen LogP contribution >= 0.6 is 15.9 Å². The van der Waals surface area contributed by atoms with Crippen molar-refractivity contribution >= 4 is 21.9 Å². The van der Waals surface area contributed by atoms with E-state index in [2.05, 4.69) is 15.9 Å². The van der Waals surface area contributed by atoms with Gasteiger partial charge >= 0.3 is 5.97 Å². The lowest BCUT2D eigenvalue weighted by Crippen LogP contribution is -2.09. The van der Waals surface area contributed by atoms with Crippen molar-refractivity contribution < 1.29 is 9.53 Å². The molecule has 0 saturated carbocycles. The number of carbonyl (C=O) groups excluding carboxylic acids is 1. The molecule has 0 saturated heterocycles. The molecule has 0 bridgehead atoms. The molecule has 0 fully saturated rings. The summed E-state index contributed by atoms with van der Waals surface area (Å²) in [5.74, 6) is 0.384. The second-order valence-electron chi connectivity index (χ2n) is 3.58. The minimum atomic E-state index is -0.0525. The molecule has 0 spiro atoms.